The van der Waals surface area contributed by atoms with Gasteiger partial charge in [-0.25, -0.2) is 0 Å². The van der Waals surface area contributed by atoms with E-state index in [1.54, 1.807) is 0 Å². The molecule has 0 amide bonds. The molecule has 106 valence electrons. The number of hydrogen-bond donors (Lipinski definition) is 1. The Bertz CT molecular complexity index is 270. The van der Waals surface area contributed by atoms with Crippen LogP contribution in [0.3, 0.4) is 0 Å². The number of carbonyl (C=O) groups excluding carboxylic acids is 1. The predicted molar refractivity (Wildman–Crippen MR) is 74.4 cm³/mol. The normalized spacial score (nSPS) is 26.7. The lowest BCUT2D eigenvalue weighted by Gasteiger charge is -2.35. The molecule has 3 atom stereocenters. The van der Waals surface area contributed by atoms with Gasteiger partial charge in [-0.05, 0) is 38.5 Å². The molecule has 3 nitrogen and oxygen atoms in total. The Morgan fingerprint density at radius 3 is 2.61 bits per heavy atom. The summed E-state index contributed by atoms with van der Waals surface area (Å²) in [6.07, 6.45) is 4.22. The van der Waals surface area contributed by atoms with Crippen LogP contribution in [0.1, 0.15) is 60.3 Å². The molecule has 1 fully saturated rings. The van der Waals surface area contributed by atoms with Crippen molar-refractivity contribution in [1.82, 2.24) is 5.32 Å². The maximum Gasteiger partial charge on any atom is 0.308 e. The van der Waals surface area contributed by atoms with Crippen molar-refractivity contribution in [3.05, 3.63) is 0 Å². The van der Waals surface area contributed by atoms with Gasteiger partial charge in [0.15, 0.2) is 0 Å². The Kier molecular flexibility index (Phi) is 5.64. The third-order valence-electron chi connectivity index (χ3n) is 4.08. The van der Waals surface area contributed by atoms with Crippen LogP contribution in [0.4, 0.5) is 0 Å². The van der Waals surface area contributed by atoms with Gasteiger partial charge >= 0.3 is 5.97 Å². The summed E-state index contributed by atoms with van der Waals surface area (Å²) in [6.45, 7) is 11.3. The summed E-state index contributed by atoms with van der Waals surface area (Å²) in [6, 6.07) is 0.922. The fourth-order valence-electron chi connectivity index (χ4n) is 2.42. The van der Waals surface area contributed by atoms with Crippen molar-refractivity contribution in [1.29, 1.82) is 0 Å². The third-order valence-corrected chi connectivity index (χ3v) is 4.08. The van der Waals surface area contributed by atoms with E-state index in [1.807, 2.05) is 6.92 Å². The van der Waals surface area contributed by atoms with E-state index in [2.05, 4.69) is 33.0 Å². The van der Waals surface area contributed by atoms with Gasteiger partial charge in [-0.3, -0.25) is 4.79 Å². The smallest absolute Gasteiger partial charge is 0.308 e. The summed E-state index contributed by atoms with van der Waals surface area (Å²) in [5, 5.41) is 3.68. The van der Waals surface area contributed by atoms with Crippen LogP contribution < -0.4 is 5.32 Å². The summed E-state index contributed by atoms with van der Waals surface area (Å²) < 4.78 is 5.14. The van der Waals surface area contributed by atoms with Crippen LogP contribution in [0.25, 0.3) is 0 Å². The van der Waals surface area contributed by atoms with E-state index in [1.165, 1.54) is 6.42 Å². The first-order valence-corrected chi connectivity index (χ1v) is 7.27. The molecule has 0 aliphatic heterocycles. The van der Waals surface area contributed by atoms with Crippen LogP contribution in [0, 0.1) is 11.3 Å². The standard InChI is InChI=1S/C15H29NO2/c1-6-18-14(17)12-8-7-9-13(10-12)16-11(2)15(3,4)5/h11-13,16H,6-10H2,1-5H3. The molecule has 0 aromatic rings. The third kappa shape index (κ3) is 4.60. The topological polar surface area (TPSA) is 38.3 Å². The van der Waals surface area contributed by atoms with Gasteiger partial charge < -0.3 is 10.1 Å². The van der Waals surface area contributed by atoms with Gasteiger partial charge in [0.2, 0.25) is 0 Å². The first-order valence-electron chi connectivity index (χ1n) is 7.27. The minimum atomic E-state index is -0.00703. The summed E-state index contributed by atoms with van der Waals surface area (Å²) in [4.78, 5) is 11.8. The molecule has 0 spiro atoms. The van der Waals surface area contributed by atoms with Crippen LogP contribution in [-0.2, 0) is 9.53 Å². The van der Waals surface area contributed by atoms with E-state index in [9.17, 15) is 4.79 Å². The second-order valence-electron chi connectivity index (χ2n) is 6.57. The first-order chi connectivity index (χ1) is 8.34. The SMILES string of the molecule is CCOC(=O)C1CCCC(NC(C)C(C)(C)C)C1. The maximum atomic E-state index is 11.8. The first kappa shape index (κ1) is 15.5. The minimum absolute atomic E-state index is 0.00703. The average molecular weight is 255 g/mol. The number of rotatable bonds is 4. The summed E-state index contributed by atoms with van der Waals surface area (Å²) in [5.41, 5.74) is 0.261. The van der Waals surface area contributed by atoms with E-state index >= 15 is 0 Å². The number of nitrogens with one attached hydrogen (secondary N) is 1. The monoisotopic (exact) mass is 255 g/mol. The summed E-state index contributed by atoms with van der Waals surface area (Å²) >= 11 is 0. The van der Waals surface area contributed by atoms with Crippen molar-refractivity contribution in [3.8, 4) is 0 Å². The number of ether oxygens (including phenoxy) is 1. The van der Waals surface area contributed by atoms with Gasteiger partial charge in [0.05, 0.1) is 12.5 Å². The van der Waals surface area contributed by atoms with Crippen molar-refractivity contribution >= 4 is 5.97 Å². The molecular formula is C15H29NO2. The molecule has 1 aliphatic carbocycles. The van der Waals surface area contributed by atoms with E-state index in [0.29, 0.717) is 18.7 Å². The summed E-state index contributed by atoms with van der Waals surface area (Å²) in [7, 11) is 0. The summed E-state index contributed by atoms with van der Waals surface area (Å²) in [5.74, 6) is 0.0933. The molecule has 0 radical (unpaired) electrons. The molecule has 1 aliphatic rings. The van der Waals surface area contributed by atoms with Crippen LogP contribution in [0.5, 0.6) is 0 Å². The lowest BCUT2D eigenvalue weighted by atomic mass is 9.82. The largest absolute Gasteiger partial charge is 0.466 e. The highest BCUT2D eigenvalue weighted by Crippen LogP contribution is 2.27. The lowest BCUT2D eigenvalue weighted by Crippen LogP contribution is -2.46. The zero-order valence-electron chi connectivity index (χ0n) is 12.6. The lowest BCUT2D eigenvalue weighted by molar-refractivity contribution is -0.149. The van der Waals surface area contributed by atoms with E-state index in [0.717, 1.165) is 19.3 Å². The van der Waals surface area contributed by atoms with Crippen LogP contribution in [0.2, 0.25) is 0 Å². The van der Waals surface area contributed by atoms with Gasteiger partial charge in [0, 0.05) is 12.1 Å². The molecule has 1 saturated carbocycles. The number of carbonyl (C=O) groups is 1. The second-order valence-corrected chi connectivity index (χ2v) is 6.57. The van der Waals surface area contributed by atoms with Gasteiger partial charge in [-0.1, -0.05) is 27.2 Å². The maximum absolute atomic E-state index is 11.8. The van der Waals surface area contributed by atoms with Crippen molar-refractivity contribution in [3.63, 3.8) is 0 Å². The zero-order chi connectivity index (χ0) is 13.8. The molecule has 0 aromatic heterocycles. The Morgan fingerprint density at radius 2 is 2.06 bits per heavy atom. The number of esters is 1. The van der Waals surface area contributed by atoms with Crippen molar-refractivity contribution in [2.45, 2.75) is 72.4 Å². The molecule has 0 saturated heterocycles. The Labute approximate surface area is 112 Å². The van der Waals surface area contributed by atoms with Gasteiger partial charge in [-0.2, -0.15) is 0 Å². The minimum Gasteiger partial charge on any atom is -0.466 e. The number of hydrogen-bond acceptors (Lipinski definition) is 3. The van der Waals surface area contributed by atoms with E-state index in [4.69, 9.17) is 4.74 Å². The highest BCUT2D eigenvalue weighted by Gasteiger charge is 2.30. The fraction of sp³-hybridized carbons (Fsp3) is 0.933. The zero-order valence-corrected chi connectivity index (χ0v) is 12.6. The van der Waals surface area contributed by atoms with Crippen molar-refractivity contribution in [2.24, 2.45) is 11.3 Å². The van der Waals surface area contributed by atoms with Gasteiger partial charge in [0.1, 0.15) is 0 Å². The molecule has 0 bridgehead atoms. The average Bonchev–Trinajstić information content (AvgIpc) is 2.28. The highest BCUT2D eigenvalue weighted by atomic mass is 16.5. The Hall–Kier alpha value is -0.570. The van der Waals surface area contributed by atoms with Crippen molar-refractivity contribution in [2.75, 3.05) is 6.61 Å². The van der Waals surface area contributed by atoms with Crippen LogP contribution in [-0.4, -0.2) is 24.7 Å². The van der Waals surface area contributed by atoms with Crippen LogP contribution >= 0.6 is 0 Å². The van der Waals surface area contributed by atoms with Gasteiger partial charge in [0.25, 0.3) is 0 Å². The molecule has 3 unspecified atom stereocenters. The molecule has 1 rings (SSSR count). The van der Waals surface area contributed by atoms with Gasteiger partial charge in [-0.15, -0.1) is 0 Å². The molecule has 3 heteroatoms. The Morgan fingerprint density at radius 1 is 1.39 bits per heavy atom. The highest BCUT2D eigenvalue weighted by molar-refractivity contribution is 5.72. The quantitative estimate of drug-likeness (QED) is 0.784. The molecule has 0 heterocycles. The van der Waals surface area contributed by atoms with Crippen LogP contribution in [0.15, 0.2) is 0 Å². The van der Waals surface area contributed by atoms with E-state index < -0.39 is 0 Å². The molecular weight excluding hydrogens is 226 g/mol. The predicted octanol–water partition coefficient (Wildman–Crippen LogP) is 3.13. The van der Waals surface area contributed by atoms with E-state index in [-0.39, 0.29) is 17.3 Å². The second kappa shape index (κ2) is 6.55. The fourth-order valence-corrected chi connectivity index (χ4v) is 2.42. The Balaban J connectivity index is 2.46. The molecule has 18 heavy (non-hydrogen) atoms. The molecule has 1 N–H and O–H groups in total. The molecule has 0 aromatic carbocycles. The van der Waals surface area contributed by atoms with Crippen molar-refractivity contribution < 1.29 is 9.53 Å².